The van der Waals surface area contributed by atoms with Crippen LogP contribution >= 0.6 is 0 Å². The minimum Gasteiger partial charge on any atom is -0.460 e. The van der Waals surface area contributed by atoms with Crippen LogP contribution in [0.1, 0.15) is 13.8 Å². The fourth-order valence-electron chi connectivity index (χ4n) is 0.923. The number of esters is 1. The maximum Gasteiger partial charge on any atom is 0.459 e. The largest absolute Gasteiger partial charge is 0.460 e. The molecule has 0 N–H and O–H groups in total. The standard InChI is InChI=1S/C11H13F7O3/c1-3-7(2)8(19)21-5-4-20-6-9(12,13)10(14,15)11(16,17)18/h3H,4-6H2,1-2H3. The van der Waals surface area contributed by atoms with Crippen molar-refractivity contribution in [3.05, 3.63) is 11.6 Å². The normalized spacial score (nSPS) is 14.2. The molecule has 124 valence electrons. The van der Waals surface area contributed by atoms with E-state index in [1.54, 1.807) is 0 Å². The van der Waals surface area contributed by atoms with Gasteiger partial charge in [-0.1, -0.05) is 6.08 Å². The van der Waals surface area contributed by atoms with Gasteiger partial charge < -0.3 is 9.47 Å². The predicted octanol–water partition coefficient (Wildman–Crippen LogP) is 3.35. The van der Waals surface area contributed by atoms with Crippen molar-refractivity contribution in [3.63, 3.8) is 0 Å². The van der Waals surface area contributed by atoms with Crippen molar-refractivity contribution in [2.24, 2.45) is 0 Å². The van der Waals surface area contributed by atoms with Gasteiger partial charge in [0, 0.05) is 5.57 Å². The second-order valence-electron chi connectivity index (χ2n) is 3.94. The van der Waals surface area contributed by atoms with Crippen LogP contribution in [0.15, 0.2) is 11.6 Å². The third-order valence-corrected chi connectivity index (χ3v) is 2.31. The Morgan fingerprint density at radius 1 is 1.05 bits per heavy atom. The molecule has 0 heterocycles. The number of hydrogen-bond acceptors (Lipinski definition) is 3. The molecule has 0 aliphatic carbocycles. The Morgan fingerprint density at radius 2 is 1.57 bits per heavy atom. The van der Waals surface area contributed by atoms with Crippen molar-refractivity contribution in [1.29, 1.82) is 0 Å². The summed E-state index contributed by atoms with van der Waals surface area (Å²) in [5.74, 6) is -12.4. The van der Waals surface area contributed by atoms with E-state index in [9.17, 15) is 35.5 Å². The van der Waals surface area contributed by atoms with Gasteiger partial charge in [0.2, 0.25) is 0 Å². The van der Waals surface area contributed by atoms with Crippen LogP contribution in [-0.4, -0.2) is 43.8 Å². The maximum atomic E-state index is 12.8. The quantitative estimate of drug-likeness (QED) is 0.311. The SMILES string of the molecule is CC=C(C)C(=O)OCCOCC(F)(F)C(F)(F)C(F)(F)F. The molecule has 10 heteroatoms. The summed E-state index contributed by atoms with van der Waals surface area (Å²) in [5.41, 5.74) is 0.212. The van der Waals surface area contributed by atoms with Crippen LogP contribution in [0.4, 0.5) is 30.7 Å². The number of allylic oxidation sites excluding steroid dienone is 1. The molecule has 0 fully saturated rings. The number of hydrogen-bond donors (Lipinski definition) is 0. The molecule has 0 unspecified atom stereocenters. The highest BCUT2D eigenvalue weighted by molar-refractivity contribution is 5.87. The summed E-state index contributed by atoms with van der Waals surface area (Å²) in [5, 5.41) is 0. The molecule has 0 spiro atoms. The van der Waals surface area contributed by atoms with E-state index in [1.165, 1.54) is 19.9 Å². The smallest absolute Gasteiger partial charge is 0.459 e. The average molecular weight is 326 g/mol. The zero-order chi connectivity index (χ0) is 16.9. The van der Waals surface area contributed by atoms with E-state index in [1.807, 2.05) is 0 Å². The third kappa shape index (κ3) is 5.18. The molecule has 0 aromatic carbocycles. The Bertz CT molecular complexity index is 388. The Balaban J connectivity index is 4.27. The number of alkyl halides is 7. The van der Waals surface area contributed by atoms with E-state index in [0.717, 1.165) is 0 Å². The van der Waals surface area contributed by atoms with Crippen LogP contribution in [0, 0.1) is 0 Å². The van der Waals surface area contributed by atoms with Crippen LogP contribution in [0.3, 0.4) is 0 Å². The molecule has 3 nitrogen and oxygen atoms in total. The van der Waals surface area contributed by atoms with E-state index in [2.05, 4.69) is 9.47 Å². The van der Waals surface area contributed by atoms with Crippen LogP contribution in [0.5, 0.6) is 0 Å². The van der Waals surface area contributed by atoms with Crippen molar-refractivity contribution in [3.8, 4) is 0 Å². The van der Waals surface area contributed by atoms with E-state index in [4.69, 9.17) is 0 Å². The third-order valence-electron chi connectivity index (χ3n) is 2.31. The van der Waals surface area contributed by atoms with E-state index in [0.29, 0.717) is 0 Å². The second-order valence-corrected chi connectivity index (χ2v) is 3.94. The summed E-state index contributed by atoms with van der Waals surface area (Å²) >= 11 is 0. The lowest BCUT2D eigenvalue weighted by Gasteiger charge is -2.27. The van der Waals surface area contributed by atoms with Gasteiger partial charge in [0.1, 0.15) is 13.2 Å². The summed E-state index contributed by atoms with van der Waals surface area (Å²) in [6.07, 6.45) is -4.99. The first kappa shape index (κ1) is 19.7. The summed E-state index contributed by atoms with van der Waals surface area (Å²) in [6, 6.07) is 0. The Morgan fingerprint density at radius 3 is 2.00 bits per heavy atom. The van der Waals surface area contributed by atoms with Gasteiger partial charge in [-0.3, -0.25) is 0 Å². The number of ether oxygens (including phenoxy) is 2. The highest BCUT2D eigenvalue weighted by Gasteiger charge is 2.72. The van der Waals surface area contributed by atoms with Crippen molar-refractivity contribution in [2.45, 2.75) is 31.9 Å². The van der Waals surface area contributed by atoms with E-state index in [-0.39, 0.29) is 5.57 Å². The maximum absolute atomic E-state index is 12.8. The molecule has 0 aromatic rings. The molecular formula is C11H13F7O3. The first-order valence-corrected chi connectivity index (χ1v) is 5.57. The highest BCUT2D eigenvalue weighted by Crippen LogP contribution is 2.46. The molecular weight excluding hydrogens is 313 g/mol. The lowest BCUT2D eigenvalue weighted by atomic mass is 10.2. The Kier molecular flexibility index (Phi) is 6.65. The average Bonchev–Trinajstić information content (AvgIpc) is 2.35. The van der Waals surface area contributed by atoms with Crippen LogP contribution < -0.4 is 0 Å². The number of carbonyl (C=O) groups is 1. The molecule has 0 saturated carbocycles. The van der Waals surface area contributed by atoms with Gasteiger partial charge in [-0.05, 0) is 13.8 Å². The van der Waals surface area contributed by atoms with Gasteiger partial charge in [0.25, 0.3) is 0 Å². The fraction of sp³-hybridized carbons (Fsp3) is 0.727. The molecule has 0 radical (unpaired) electrons. The van der Waals surface area contributed by atoms with Crippen molar-refractivity contribution in [1.82, 2.24) is 0 Å². The first-order chi connectivity index (χ1) is 9.37. The van der Waals surface area contributed by atoms with Crippen LogP contribution in [0.25, 0.3) is 0 Å². The lowest BCUT2D eigenvalue weighted by molar-refractivity contribution is -0.361. The van der Waals surface area contributed by atoms with Gasteiger partial charge in [-0.2, -0.15) is 30.7 Å². The van der Waals surface area contributed by atoms with Crippen LogP contribution in [0.2, 0.25) is 0 Å². The zero-order valence-corrected chi connectivity index (χ0v) is 11.1. The van der Waals surface area contributed by atoms with E-state index < -0.39 is 43.8 Å². The molecule has 0 aromatic heterocycles. The summed E-state index contributed by atoms with van der Waals surface area (Å²) in [4.78, 5) is 11.1. The molecule has 0 aliphatic heterocycles. The molecule has 0 atom stereocenters. The van der Waals surface area contributed by atoms with Gasteiger partial charge in [-0.15, -0.1) is 0 Å². The first-order valence-electron chi connectivity index (χ1n) is 5.57. The van der Waals surface area contributed by atoms with Gasteiger partial charge in [-0.25, -0.2) is 4.79 Å². The second kappa shape index (κ2) is 7.10. The molecule has 0 saturated heterocycles. The number of halogens is 7. The molecule has 0 rings (SSSR count). The van der Waals surface area contributed by atoms with Gasteiger partial charge >= 0.3 is 24.0 Å². The lowest BCUT2D eigenvalue weighted by Crippen LogP contribution is -2.54. The minimum atomic E-state index is -6.39. The fourth-order valence-corrected chi connectivity index (χ4v) is 0.923. The summed E-state index contributed by atoms with van der Waals surface area (Å²) in [7, 11) is 0. The van der Waals surface area contributed by atoms with Gasteiger partial charge in [0.15, 0.2) is 0 Å². The number of carbonyl (C=O) groups excluding carboxylic acids is 1. The minimum absolute atomic E-state index is 0.212. The van der Waals surface area contributed by atoms with Crippen molar-refractivity contribution in [2.75, 3.05) is 19.8 Å². The summed E-state index contributed by atoms with van der Waals surface area (Å²) in [6.45, 7) is -0.516. The topological polar surface area (TPSA) is 35.5 Å². The van der Waals surface area contributed by atoms with Crippen molar-refractivity contribution < 1.29 is 45.0 Å². The Labute approximate surface area is 115 Å². The predicted molar refractivity (Wildman–Crippen MR) is 57.2 cm³/mol. The number of rotatable bonds is 7. The van der Waals surface area contributed by atoms with Gasteiger partial charge in [0.05, 0.1) is 6.61 Å². The zero-order valence-electron chi connectivity index (χ0n) is 11.1. The molecule has 21 heavy (non-hydrogen) atoms. The van der Waals surface area contributed by atoms with E-state index >= 15 is 0 Å². The highest BCUT2D eigenvalue weighted by atomic mass is 19.4. The molecule has 0 bridgehead atoms. The molecule has 0 amide bonds. The molecule has 0 aliphatic rings. The summed E-state index contributed by atoms with van der Waals surface area (Å²) < 4.78 is 94.2. The van der Waals surface area contributed by atoms with Crippen molar-refractivity contribution >= 4 is 5.97 Å². The monoisotopic (exact) mass is 326 g/mol. The van der Waals surface area contributed by atoms with Crippen LogP contribution in [-0.2, 0) is 14.3 Å². The Hall–Kier alpha value is -1.32.